The third-order valence-electron chi connectivity index (χ3n) is 9.29. The summed E-state index contributed by atoms with van der Waals surface area (Å²) in [7, 11) is 0. The molecule has 3 fully saturated rings. The molecule has 0 heterocycles. The lowest BCUT2D eigenvalue weighted by Gasteiger charge is -2.55. The molecule has 29 heavy (non-hydrogen) atoms. The van der Waals surface area contributed by atoms with Crippen LogP contribution in [0.15, 0.2) is 35.5 Å². The summed E-state index contributed by atoms with van der Waals surface area (Å²) in [6.45, 7) is 13.6. The van der Waals surface area contributed by atoms with Crippen molar-refractivity contribution in [1.82, 2.24) is 0 Å². The van der Waals surface area contributed by atoms with E-state index in [-0.39, 0.29) is 17.8 Å². The van der Waals surface area contributed by atoms with Crippen LogP contribution in [0.25, 0.3) is 0 Å². The van der Waals surface area contributed by atoms with Crippen molar-refractivity contribution in [2.45, 2.75) is 92.5 Å². The van der Waals surface area contributed by atoms with Crippen LogP contribution in [-0.2, 0) is 0 Å². The van der Waals surface area contributed by atoms with Crippen molar-refractivity contribution in [3.63, 3.8) is 0 Å². The van der Waals surface area contributed by atoms with Gasteiger partial charge in [0.15, 0.2) is 0 Å². The molecule has 1 heteroatoms. The summed E-state index contributed by atoms with van der Waals surface area (Å²) in [6, 6.07) is 0. The van der Waals surface area contributed by atoms with Gasteiger partial charge in [-0.15, -0.1) is 0 Å². The Bertz CT molecular complexity index is 916. The van der Waals surface area contributed by atoms with Crippen molar-refractivity contribution < 1.29 is 12.0 Å². The molecule has 0 aromatic carbocycles. The van der Waals surface area contributed by atoms with E-state index in [2.05, 4.69) is 52.8 Å². The molecule has 162 valence electrons. The lowest BCUT2D eigenvalue weighted by Crippen LogP contribution is -2.46. The zero-order chi connectivity index (χ0) is 25.5. The number of aliphatic hydroxyl groups is 1. The number of fused-ring (bicyclic) bond motifs is 5. The third kappa shape index (κ3) is 3.50. The normalized spacial score (nSPS) is 52.6. The van der Waals surface area contributed by atoms with Crippen molar-refractivity contribution >= 4 is 0 Å². The van der Waals surface area contributed by atoms with E-state index < -0.39 is 24.2 Å². The third-order valence-corrected chi connectivity index (χ3v) is 9.29. The average Bonchev–Trinajstić information content (AvgIpc) is 3.07. The first-order chi connectivity index (χ1) is 15.5. The monoisotopic (exact) mass is 401 g/mol. The Morgan fingerprint density at radius 1 is 1.07 bits per heavy atom. The first-order valence-corrected chi connectivity index (χ1v) is 11.8. The highest BCUT2D eigenvalue weighted by molar-refractivity contribution is 5.39. The quantitative estimate of drug-likeness (QED) is 0.489. The van der Waals surface area contributed by atoms with Gasteiger partial charge in [-0.25, -0.2) is 0 Å². The summed E-state index contributed by atoms with van der Waals surface area (Å²) in [5, 5.41) is 10.6. The molecule has 0 aliphatic heterocycles. The maximum atomic E-state index is 10.6. The van der Waals surface area contributed by atoms with E-state index in [0.717, 1.165) is 19.3 Å². The van der Waals surface area contributed by atoms with Crippen molar-refractivity contribution in [2.24, 2.45) is 46.3 Å². The molecule has 1 nitrogen and oxygen atoms in total. The molecule has 0 radical (unpaired) electrons. The van der Waals surface area contributed by atoms with Gasteiger partial charge in [0.1, 0.15) is 0 Å². The molecule has 4 rings (SSSR count). The van der Waals surface area contributed by atoms with Crippen molar-refractivity contribution in [3.05, 3.63) is 35.5 Å². The molecular formula is C28H44O. The SMILES string of the molecule is [2H]C1([2H])C[C@@]2(C)C(=CC=C3[C@@H]4CC[C@H]([C@H](C)/C=C/[C@H](C)C(C)C)[C@@]4(C)CC[C@@H]32)C([2H])([2H])[C@@]1([2H])O. The fourth-order valence-corrected chi connectivity index (χ4v) is 6.92. The van der Waals surface area contributed by atoms with Gasteiger partial charge in [-0.2, -0.15) is 0 Å². The van der Waals surface area contributed by atoms with Gasteiger partial charge in [0.2, 0.25) is 0 Å². The molecule has 3 saturated carbocycles. The molecule has 4 aliphatic rings. The molecule has 4 aliphatic carbocycles. The molecule has 1 N–H and O–H groups in total. The Kier molecular flexibility index (Phi) is 4.22. The number of rotatable bonds is 4. The second kappa shape index (κ2) is 7.70. The van der Waals surface area contributed by atoms with E-state index >= 15 is 0 Å². The van der Waals surface area contributed by atoms with Crippen LogP contribution in [0.1, 0.15) is 93.2 Å². The number of allylic oxidation sites excluding steroid dienone is 5. The molecule has 0 amide bonds. The fraction of sp³-hybridized carbons (Fsp3) is 0.786. The second-order valence-corrected chi connectivity index (χ2v) is 11.2. The topological polar surface area (TPSA) is 20.2 Å². The molecule has 0 spiro atoms. The molecule has 0 unspecified atom stereocenters. The first kappa shape index (κ1) is 15.9. The Morgan fingerprint density at radius 3 is 2.55 bits per heavy atom. The summed E-state index contributed by atoms with van der Waals surface area (Å²) in [6.07, 6.45) is 5.41. The fourth-order valence-electron chi connectivity index (χ4n) is 6.92. The van der Waals surface area contributed by atoms with E-state index in [1.54, 1.807) is 6.08 Å². The summed E-state index contributed by atoms with van der Waals surface area (Å²) in [5.74, 6) is 2.82. The Hall–Kier alpha value is -0.820. The van der Waals surface area contributed by atoms with E-state index in [0.29, 0.717) is 35.2 Å². The molecule has 0 aromatic heterocycles. The zero-order valence-corrected chi connectivity index (χ0v) is 19.3. The Labute approximate surface area is 186 Å². The summed E-state index contributed by atoms with van der Waals surface area (Å²) < 4.78 is 42.4. The van der Waals surface area contributed by atoms with E-state index in [4.69, 9.17) is 6.85 Å². The van der Waals surface area contributed by atoms with E-state index in [1.165, 1.54) is 12.0 Å². The van der Waals surface area contributed by atoms with Crippen molar-refractivity contribution in [2.75, 3.05) is 0 Å². The smallest absolute Gasteiger partial charge is 0.0604 e. The summed E-state index contributed by atoms with van der Waals surface area (Å²) in [4.78, 5) is 0. The molecular weight excluding hydrogens is 352 g/mol. The predicted molar refractivity (Wildman–Crippen MR) is 123 cm³/mol. The van der Waals surface area contributed by atoms with Crippen LogP contribution in [0, 0.1) is 46.3 Å². The van der Waals surface area contributed by atoms with Gasteiger partial charge in [-0.05, 0) is 91.2 Å². The molecule has 8 atom stereocenters. The minimum Gasteiger partial charge on any atom is -0.393 e. The number of hydrogen-bond acceptors (Lipinski definition) is 1. The maximum Gasteiger partial charge on any atom is 0.0604 e. The van der Waals surface area contributed by atoms with Crippen LogP contribution in [0.2, 0.25) is 0 Å². The largest absolute Gasteiger partial charge is 0.393 e. The van der Waals surface area contributed by atoms with Crippen molar-refractivity contribution in [1.29, 1.82) is 0 Å². The van der Waals surface area contributed by atoms with Gasteiger partial charge in [-0.3, -0.25) is 0 Å². The van der Waals surface area contributed by atoms with Crippen LogP contribution < -0.4 is 0 Å². The van der Waals surface area contributed by atoms with Gasteiger partial charge in [0.05, 0.1) is 7.45 Å². The minimum atomic E-state index is -2.80. The van der Waals surface area contributed by atoms with Gasteiger partial charge < -0.3 is 5.11 Å². The van der Waals surface area contributed by atoms with Crippen LogP contribution in [0.3, 0.4) is 0 Å². The zero-order valence-electron chi connectivity index (χ0n) is 24.3. The van der Waals surface area contributed by atoms with Gasteiger partial charge in [-0.1, -0.05) is 77.0 Å². The summed E-state index contributed by atoms with van der Waals surface area (Å²) >= 11 is 0. The highest BCUT2D eigenvalue weighted by atomic mass is 16.3. The van der Waals surface area contributed by atoms with Crippen LogP contribution in [-0.4, -0.2) is 11.2 Å². The van der Waals surface area contributed by atoms with Crippen LogP contribution in [0.5, 0.6) is 0 Å². The van der Waals surface area contributed by atoms with Gasteiger partial charge >= 0.3 is 0 Å². The van der Waals surface area contributed by atoms with Crippen LogP contribution in [0.4, 0.5) is 0 Å². The predicted octanol–water partition coefficient (Wildman–Crippen LogP) is 7.33. The average molecular weight is 402 g/mol. The lowest BCUT2D eigenvalue weighted by molar-refractivity contribution is 0.0382. The first-order valence-electron chi connectivity index (χ1n) is 14.3. The number of hydrogen-bond donors (Lipinski definition) is 1. The van der Waals surface area contributed by atoms with Gasteiger partial charge in [0.25, 0.3) is 0 Å². The van der Waals surface area contributed by atoms with Crippen LogP contribution >= 0.6 is 0 Å². The maximum absolute atomic E-state index is 10.6. The second-order valence-electron chi connectivity index (χ2n) is 11.2. The summed E-state index contributed by atoms with van der Waals surface area (Å²) in [5.41, 5.74) is 1.23. The molecule has 0 aromatic rings. The Morgan fingerprint density at radius 2 is 1.83 bits per heavy atom. The van der Waals surface area contributed by atoms with Crippen molar-refractivity contribution in [3.8, 4) is 0 Å². The highest BCUT2D eigenvalue weighted by Gasteiger charge is 2.56. The minimum absolute atomic E-state index is 0.0214. The molecule has 0 saturated heterocycles. The Balaban J connectivity index is 1.67. The van der Waals surface area contributed by atoms with E-state index in [9.17, 15) is 5.11 Å². The standard InChI is InChI=1S/C28H44O/c1-18(2)19(3)7-8-20(4)24-11-12-25-23-10-9-21-17-22(29)13-15-27(21,5)26(23)14-16-28(24,25)6/h7-10,18-20,22,24-26,29H,11-17H2,1-6H3/b8-7+/t19-,20+,22-,24+,25-,26-,27-,28+/m0/s1/i13D2,17D2,22D. The van der Waals surface area contributed by atoms with E-state index in [1.807, 2.05) is 6.92 Å². The molecule has 0 bridgehead atoms. The highest BCUT2D eigenvalue weighted by Crippen LogP contribution is 2.65. The van der Waals surface area contributed by atoms with Gasteiger partial charge in [0, 0.05) is 5.48 Å². The lowest BCUT2D eigenvalue weighted by atomic mass is 9.50.